The van der Waals surface area contributed by atoms with Crippen LogP contribution in [0, 0.1) is 13.8 Å². The number of hydrogen-bond acceptors (Lipinski definition) is 7. The number of carbonyl (C=O) groups excluding carboxylic acids is 2. The van der Waals surface area contributed by atoms with Crippen molar-refractivity contribution in [3.63, 3.8) is 0 Å². The molecular weight excluding hydrogens is 444 g/mol. The molecule has 2 aromatic carbocycles. The summed E-state index contributed by atoms with van der Waals surface area (Å²) >= 11 is 2.91. The van der Waals surface area contributed by atoms with E-state index in [0.29, 0.717) is 0 Å². The maximum atomic E-state index is 12.3. The lowest BCUT2D eigenvalue weighted by atomic mass is 10.1. The molecule has 1 fully saturated rings. The first-order valence-electron chi connectivity index (χ1n) is 10.5. The number of amides is 2. The summed E-state index contributed by atoms with van der Waals surface area (Å²) in [5.41, 5.74) is 4.64. The van der Waals surface area contributed by atoms with E-state index in [0.717, 1.165) is 64.2 Å². The quantitative estimate of drug-likeness (QED) is 0.542. The van der Waals surface area contributed by atoms with Crippen LogP contribution < -0.4 is 15.5 Å². The van der Waals surface area contributed by atoms with E-state index >= 15 is 0 Å². The van der Waals surface area contributed by atoms with Gasteiger partial charge in [-0.05, 0) is 43.7 Å². The summed E-state index contributed by atoms with van der Waals surface area (Å²) in [6.45, 7) is 7.11. The van der Waals surface area contributed by atoms with Crippen LogP contribution in [0.4, 0.5) is 16.5 Å². The molecule has 2 amide bonds. The maximum Gasteiger partial charge on any atom is 0.234 e. The Balaban J connectivity index is 1.26. The molecule has 0 atom stereocenters. The fraction of sp³-hybridized carbons (Fsp3) is 0.348. The fourth-order valence-corrected chi connectivity index (χ4v) is 5.13. The van der Waals surface area contributed by atoms with Crippen molar-refractivity contribution in [3.05, 3.63) is 47.5 Å². The number of ether oxygens (including phenoxy) is 1. The Morgan fingerprint density at radius 1 is 1.06 bits per heavy atom. The largest absolute Gasteiger partial charge is 0.378 e. The van der Waals surface area contributed by atoms with Crippen LogP contribution in [0.15, 0.2) is 36.4 Å². The number of rotatable bonds is 7. The lowest BCUT2D eigenvalue weighted by Gasteiger charge is -2.25. The second-order valence-electron chi connectivity index (χ2n) is 7.69. The highest BCUT2D eigenvalue weighted by molar-refractivity contribution is 8.00. The van der Waals surface area contributed by atoms with Gasteiger partial charge in [0.1, 0.15) is 0 Å². The Kier molecular flexibility index (Phi) is 7.29. The zero-order chi connectivity index (χ0) is 22.5. The lowest BCUT2D eigenvalue weighted by Crippen LogP contribution is -2.36. The molecular formula is C23H26N4O3S2. The van der Waals surface area contributed by atoms with Gasteiger partial charge in [0.15, 0.2) is 5.13 Å². The van der Waals surface area contributed by atoms with Crippen molar-refractivity contribution in [1.29, 1.82) is 0 Å². The number of aromatic nitrogens is 1. The number of aryl methyl sites for hydroxylation is 2. The molecule has 4 rings (SSSR count). The minimum Gasteiger partial charge on any atom is -0.378 e. The molecule has 0 bridgehead atoms. The van der Waals surface area contributed by atoms with E-state index in [-0.39, 0.29) is 23.3 Å². The molecule has 9 heteroatoms. The van der Waals surface area contributed by atoms with Crippen molar-refractivity contribution in [1.82, 2.24) is 4.98 Å². The summed E-state index contributed by atoms with van der Waals surface area (Å²) in [5.74, 6) is 0.181. The third kappa shape index (κ3) is 5.79. The van der Waals surface area contributed by atoms with Crippen LogP contribution in [-0.2, 0) is 14.3 Å². The number of thiazole rings is 1. The van der Waals surface area contributed by atoms with E-state index in [1.54, 1.807) is 11.3 Å². The standard InChI is InChI=1S/C23H26N4O3S2/c1-15-3-5-18(16(2)11-15)25-22(29)14-31-13-21(28)24-17-4-6-19-20(12-17)32-23(26-19)27-7-9-30-10-8-27/h3-6,11-12H,7-10,13-14H2,1-2H3,(H,24,28)(H,25,29). The number of anilines is 3. The smallest absolute Gasteiger partial charge is 0.234 e. The SMILES string of the molecule is Cc1ccc(NC(=O)CSCC(=O)Nc2ccc3nc(N4CCOCC4)sc3c2)c(C)c1. The lowest BCUT2D eigenvalue weighted by molar-refractivity contribution is -0.114. The van der Waals surface area contributed by atoms with Crippen LogP contribution in [0.1, 0.15) is 11.1 Å². The third-order valence-corrected chi connectivity index (χ3v) is 7.08. The first-order chi connectivity index (χ1) is 15.5. The molecule has 3 aromatic rings. The minimum atomic E-state index is -0.133. The van der Waals surface area contributed by atoms with Crippen molar-refractivity contribution < 1.29 is 14.3 Å². The van der Waals surface area contributed by atoms with Gasteiger partial charge in [-0.15, -0.1) is 11.8 Å². The van der Waals surface area contributed by atoms with Crippen molar-refractivity contribution in [2.24, 2.45) is 0 Å². The van der Waals surface area contributed by atoms with Gasteiger partial charge >= 0.3 is 0 Å². The van der Waals surface area contributed by atoms with Gasteiger partial charge in [-0.25, -0.2) is 4.98 Å². The van der Waals surface area contributed by atoms with Crippen molar-refractivity contribution in [3.8, 4) is 0 Å². The normalized spacial score (nSPS) is 13.9. The molecule has 1 saturated heterocycles. The molecule has 0 aliphatic carbocycles. The molecule has 7 nitrogen and oxygen atoms in total. The van der Waals surface area contributed by atoms with Crippen LogP contribution in [0.25, 0.3) is 10.2 Å². The zero-order valence-electron chi connectivity index (χ0n) is 18.1. The van der Waals surface area contributed by atoms with Crippen LogP contribution in [-0.4, -0.2) is 54.6 Å². The Morgan fingerprint density at radius 3 is 2.56 bits per heavy atom. The van der Waals surface area contributed by atoms with Gasteiger partial charge in [-0.2, -0.15) is 0 Å². The zero-order valence-corrected chi connectivity index (χ0v) is 19.8. The molecule has 0 spiro atoms. The molecule has 0 saturated carbocycles. The summed E-state index contributed by atoms with van der Waals surface area (Å²) in [6, 6.07) is 11.6. The number of nitrogens with one attached hydrogen (secondary N) is 2. The second-order valence-corrected chi connectivity index (χ2v) is 9.68. The van der Waals surface area contributed by atoms with Gasteiger partial charge < -0.3 is 20.3 Å². The Labute approximate surface area is 195 Å². The van der Waals surface area contributed by atoms with E-state index in [2.05, 4.69) is 15.5 Å². The Bertz CT molecular complexity index is 1130. The van der Waals surface area contributed by atoms with E-state index in [1.165, 1.54) is 11.8 Å². The summed E-state index contributed by atoms with van der Waals surface area (Å²) in [4.78, 5) is 31.4. The van der Waals surface area contributed by atoms with Gasteiger partial charge in [0.05, 0.1) is 34.9 Å². The van der Waals surface area contributed by atoms with E-state index in [4.69, 9.17) is 9.72 Å². The van der Waals surface area contributed by atoms with E-state index < -0.39 is 0 Å². The van der Waals surface area contributed by atoms with Crippen LogP contribution in [0.2, 0.25) is 0 Å². The predicted octanol–water partition coefficient (Wildman–Crippen LogP) is 4.06. The van der Waals surface area contributed by atoms with Crippen LogP contribution in [0.5, 0.6) is 0 Å². The monoisotopic (exact) mass is 470 g/mol. The summed E-state index contributed by atoms with van der Waals surface area (Å²) in [7, 11) is 0. The topological polar surface area (TPSA) is 83.6 Å². The minimum absolute atomic E-state index is 0.114. The number of benzene rings is 2. The summed E-state index contributed by atoms with van der Waals surface area (Å²) in [5, 5.41) is 6.80. The Hall–Kier alpha value is -2.62. The molecule has 0 radical (unpaired) electrons. The highest BCUT2D eigenvalue weighted by Gasteiger charge is 2.16. The molecule has 168 valence electrons. The number of thioether (sulfide) groups is 1. The number of fused-ring (bicyclic) bond motifs is 1. The van der Waals surface area contributed by atoms with Gasteiger partial charge in [-0.1, -0.05) is 29.0 Å². The molecule has 2 heterocycles. The van der Waals surface area contributed by atoms with Gasteiger partial charge in [0.25, 0.3) is 0 Å². The maximum absolute atomic E-state index is 12.3. The number of carbonyl (C=O) groups is 2. The Morgan fingerprint density at radius 2 is 1.81 bits per heavy atom. The highest BCUT2D eigenvalue weighted by atomic mass is 32.2. The average molecular weight is 471 g/mol. The van der Waals surface area contributed by atoms with Gasteiger partial charge in [-0.3, -0.25) is 9.59 Å². The van der Waals surface area contributed by atoms with Gasteiger partial charge in [0.2, 0.25) is 11.8 Å². The first-order valence-corrected chi connectivity index (χ1v) is 12.4. The highest BCUT2D eigenvalue weighted by Crippen LogP contribution is 2.31. The molecule has 2 N–H and O–H groups in total. The second kappa shape index (κ2) is 10.3. The van der Waals surface area contributed by atoms with E-state index in [9.17, 15) is 9.59 Å². The summed E-state index contributed by atoms with van der Waals surface area (Å²) < 4.78 is 6.44. The first kappa shape index (κ1) is 22.6. The molecule has 1 aliphatic rings. The molecule has 1 aliphatic heterocycles. The predicted molar refractivity (Wildman–Crippen MR) is 133 cm³/mol. The number of morpholine rings is 1. The summed E-state index contributed by atoms with van der Waals surface area (Å²) in [6.07, 6.45) is 0. The van der Waals surface area contributed by atoms with Crippen molar-refractivity contribution >= 4 is 61.6 Å². The van der Waals surface area contributed by atoms with E-state index in [1.807, 2.05) is 50.2 Å². The van der Waals surface area contributed by atoms with Crippen molar-refractivity contribution in [2.45, 2.75) is 13.8 Å². The fourth-order valence-electron chi connectivity index (χ4n) is 3.45. The van der Waals surface area contributed by atoms with Gasteiger partial charge in [0, 0.05) is 24.5 Å². The average Bonchev–Trinajstić information content (AvgIpc) is 3.20. The molecule has 0 unspecified atom stereocenters. The number of nitrogens with zero attached hydrogens (tertiary/aromatic N) is 2. The number of hydrogen-bond donors (Lipinski definition) is 2. The van der Waals surface area contributed by atoms with Crippen molar-refractivity contribution in [2.75, 3.05) is 53.3 Å². The van der Waals surface area contributed by atoms with Crippen LogP contribution in [0.3, 0.4) is 0 Å². The molecule has 32 heavy (non-hydrogen) atoms. The van der Waals surface area contributed by atoms with Crippen LogP contribution >= 0.6 is 23.1 Å². The molecule has 1 aromatic heterocycles. The third-order valence-electron chi connectivity index (χ3n) is 5.06.